The normalized spacial score (nSPS) is 17.4. The lowest BCUT2D eigenvalue weighted by Crippen LogP contribution is -2.47. The van der Waals surface area contributed by atoms with Crippen molar-refractivity contribution in [1.29, 1.82) is 0 Å². The summed E-state index contributed by atoms with van der Waals surface area (Å²) in [6.07, 6.45) is 7.89. The first-order valence-electron chi connectivity index (χ1n) is 7.63. The van der Waals surface area contributed by atoms with E-state index in [2.05, 4.69) is 46.5 Å². The third-order valence-electron chi connectivity index (χ3n) is 4.30. The summed E-state index contributed by atoms with van der Waals surface area (Å²) in [6.45, 7) is 4.04. The van der Waals surface area contributed by atoms with Crippen LogP contribution in [0.4, 0.5) is 11.6 Å². The van der Waals surface area contributed by atoms with Crippen molar-refractivity contribution in [2.45, 2.75) is 44.6 Å². The van der Waals surface area contributed by atoms with Crippen molar-refractivity contribution in [2.24, 2.45) is 0 Å². The number of anilines is 2. The van der Waals surface area contributed by atoms with Gasteiger partial charge in [-0.2, -0.15) is 0 Å². The highest BCUT2D eigenvalue weighted by Gasteiger charge is 2.35. The molecule has 1 aliphatic rings. The lowest BCUT2D eigenvalue weighted by atomic mass is 9.96. The number of likely N-dealkylation sites (N-methyl/N-ethyl adjacent to an activating group) is 1. The first-order valence-corrected chi connectivity index (χ1v) is 7.63. The van der Waals surface area contributed by atoms with E-state index in [-0.39, 0.29) is 5.54 Å². The zero-order valence-electron chi connectivity index (χ0n) is 12.9. The highest BCUT2D eigenvalue weighted by molar-refractivity contribution is 5.46. The third kappa shape index (κ3) is 3.60. The number of nitrogens with zero attached hydrogens (tertiary/aromatic N) is 3. The Morgan fingerprint density at radius 3 is 2.40 bits per heavy atom. The lowest BCUT2D eigenvalue weighted by Gasteiger charge is -2.36. The monoisotopic (exact) mass is 277 g/mol. The first kappa shape index (κ1) is 15.0. The molecule has 1 aromatic rings. The number of rotatable bonds is 7. The molecule has 0 atom stereocenters. The van der Waals surface area contributed by atoms with Crippen molar-refractivity contribution in [3.63, 3.8) is 0 Å². The van der Waals surface area contributed by atoms with Gasteiger partial charge < -0.3 is 15.5 Å². The Hall–Kier alpha value is -1.36. The van der Waals surface area contributed by atoms with Crippen LogP contribution in [0.2, 0.25) is 0 Å². The molecule has 2 N–H and O–H groups in total. The summed E-state index contributed by atoms with van der Waals surface area (Å²) in [5.41, 5.74) is 0.280. The summed E-state index contributed by atoms with van der Waals surface area (Å²) in [4.78, 5) is 10.9. The maximum Gasteiger partial charge on any atom is 0.131 e. The van der Waals surface area contributed by atoms with Gasteiger partial charge in [-0.1, -0.05) is 19.8 Å². The van der Waals surface area contributed by atoms with Gasteiger partial charge in [0.05, 0.1) is 0 Å². The number of hydrogen-bond donors (Lipinski definition) is 2. The first-order chi connectivity index (χ1) is 9.66. The van der Waals surface area contributed by atoms with Gasteiger partial charge in [0, 0.05) is 24.7 Å². The van der Waals surface area contributed by atoms with Crippen LogP contribution in [0, 0.1) is 0 Å². The molecule has 1 aromatic heterocycles. The average Bonchev–Trinajstić information content (AvgIpc) is 2.94. The molecule has 5 heteroatoms. The molecule has 0 radical (unpaired) electrons. The Morgan fingerprint density at radius 1 is 1.15 bits per heavy atom. The van der Waals surface area contributed by atoms with Crippen LogP contribution < -0.4 is 10.6 Å². The molecular formula is C15H27N5. The summed E-state index contributed by atoms with van der Waals surface area (Å²) < 4.78 is 0. The quantitative estimate of drug-likeness (QED) is 0.802. The van der Waals surface area contributed by atoms with E-state index in [1.54, 1.807) is 6.33 Å². The molecule has 0 amide bonds. The van der Waals surface area contributed by atoms with Gasteiger partial charge in [0.25, 0.3) is 0 Å². The fraction of sp³-hybridized carbons (Fsp3) is 0.733. The number of aromatic nitrogens is 2. The molecule has 0 aliphatic heterocycles. The molecular weight excluding hydrogens is 250 g/mol. The molecule has 5 nitrogen and oxygen atoms in total. The van der Waals surface area contributed by atoms with E-state index in [1.165, 1.54) is 25.7 Å². The molecule has 1 aliphatic carbocycles. The Morgan fingerprint density at radius 2 is 1.80 bits per heavy atom. The minimum Gasteiger partial charge on any atom is -0.370 e. The zero-order valence-corrected chi connectivity index (χ0v) is 12.9. The van der Waals surface area contributed by atoms with E-state index < -0.39 is 0 Å². The second-order valence-corrected chi connectivity index (χ2v) is 5.89. The van der Waals surface area contributed by atoms with Crippen LogP contribution in [0.3, 0.4) is 0 Å². The van der Waals surface area contributed by atoms with E-state index in [4.69, 9.17) is 0 Å². The largest absolute Gasteiger partial charge is 0.370 e. The van der Waals surface area contributed by atoms with Crippen molar-refractivity contribution in [3.05, 3.63) is 12.4 Å². The Kier molecular flexibility index (Phi) is 5.17. The van der Waals surface area contributed by atoms with Crippen LogP contribution in [-0.2, 0) is 0 Å². The minimum absolute atomic E-state index is 0.280. The topological polar surface area (TPSA) is 53.1 Å². The Labute approximate surface area is 122 Å². The third-order valence-corrected chi connectivity index (χ3v) is 4.30. The van der Waals surface area contributed by atoms with Gasteiger partial charge >= 0.3 is 0 Å². The average molecular weight is 277 g/mol. The molecule has 1 fully saturated rings. The summed E-state index contributed by atoms with van der Waals surface area (Å²) in [5, 5.41) is 6.79. The van der Waals surface area contributed by atoms with E-state index in [9.17, 15) is 0 Å². The van der Waals surface area contributed by atoms with Crippen LogP contribution in [-0.4, -0.2) is 47.6 Å². The molecule has 0 saturated heterocycles. The maximum atomic E-state index is 4.32. The van der Waals surface area contributed by atoms with Crippen molar-refractivity contribution < 1.29 is 0 Å². The second kappa shape index (κ2) is 6.88. The molecule has 1 heterocycles. The predicted molar refractivity (Wildman–Crippen MR) is 84.2 cm³/mol. The smallest absolute Gasteiger partial charge is 0.131 e. The number of hydrogen-bond acceptors (Lipinski definition) is 5. The SMILES string of the molecule is CCCNc1cc(NCC2(N(C)C)CCCC2)ncn1. The molecule has 112 valence electrons. The van der Waals surface area contributed by atoms with Crippen LogP contribution in [0.5, 0.6) is 0 Å². The van der Waals surface area contributed by atoms with Crippen LogP contribution in [0.1, 0.15) is 39.0 Å². The van der Waals surface area contributed by atoms with Gasteiger partial charge in [0.1, 0.15) is 18.0 Å². The fourth-order valence-electron chi connectivity index (χ4n) is 2.87. The fourth-order valence-corrected chi connectivity index (χ4v) is 2.87. The molecule has 0 spiro atoms. The van der Waals surface area contributed by atoms with Crippen LogP contribution >= 0.6 is 0 Å². The summed E-state index contributed by atoms with van der Waals surface area (Å²) in [7, 11) is 4.36. The van der Waals surface area contributed by atoms with Gasteiger partial charge in [-0.3, -0.25) is 0 Å². The van der Waals surface area contributed by atoms with E-state index in [0.717, 1.165) is 31.1 Å². The second-order valence-electron chi connectivity index (χ2n) is 5.89. The van der Waals surface area contributed by atoms with Gasteiger partial charge in [-0.25, -0.2) is 9.97 Å². The maximum absolute atomic E-state index is 4.32. The lowest BCUT2D eigenvalue weighted by molar-refractivity contribution is 0.172. The van der Waals surface area contributed by atoms with Crippen LogP contribution in [0.25, 0.3) is 0 Å². The van der Waals surface area contributed by atoms with Gasteiger partial charge in [-0.05, 0) is 33.4 Å². The van der Waals surface area contributed by atoms with E-state index in [1.807, 2.05) is 6.07 Å². The van der Waals surface area contributed by atoms with Crippen molar-refractivity contribution in [2.75, 3.05) is 37.8 Å². The highest BCUT2D eigenvalue weighted by atomic mass is 15.2. The highest BCUT2D eigenvalue weighted by Crippen LogP contribution is 2.33. The molecule has 0 aromatic carbocycles. The van der Waals surface area contributed by atoms with E-state index >= 15 is 0 Å². The van der Waals surface area contributed by atoms with Gasteiger partial charge in [0.2, 0.25) is 0 Å². The molecule has 1 saturated carbocycles. The molecule has 20 heavy (non-hydrogen) atoms. The molecule has 0 bridgehead atoms. The minimum atomic E-state index is 0.280. The van der Waals surface area contributed by atoms with Crippen LogP contribution in [0.15, 0.2) is 12.4 Å². The standard InChI is InChI=1S/C15H27N5/c1-4-9-16-13-10-14(19-12-18-13)17-11-15(20(2)3)7-5-6-8-15/h10,12H,4-9,11H2,1-3H3,(H2,16,17,18,19). The van der Waals surface area contributed by atoms with Gasteiger partial charge in [-0.15, -0.1) is 0 Å². The molecule has 2 rings (SSSR count). The van der Waals surface area contributed by atoms with Crippen molar-refractivity contribution in [3.8, 4) is 0 Å². The van der Waals surface area contributed by atoms with Crippen molar-refractivity contribution in [1.82, 2.24) is 14.9 Å². The predicted octanol–water partition coefficient (Wildman–Crippen LogP) is 2.58. The summed E-state index contributed by atoms with van der Waals surface area (Å²) >= 11 is 0. The zero-order chi connectivity index (χ0) is 14.4. The number of nitrogens with one attached hydrogen (secondary N) is 2. The Bertz CT molecular complexity index is 412. The summed E-state index contributed by atoms with van der Waals surface area (Å²) in [6, 6.07) is 1.99. The summed E-state index contributed by atoms with van der Waals surface area (Å²) in [5.74, 6) is 1.81. The van der Waals surface area contributed by atoms with Gasteiger partial charge in [0.15, 0.2) is 0 Å². The Balaban J connectivity index is 1.95. The molecule has 0 unspecified atom stereocenters. The van der Waals surface area contributed by atoms with Crippen molar-refractivity contribution >= 4 is 11.6 Å². The van der Waals surface area contributed by atoms with E-state index in [0.29, 0.717) is 0 Å².